The number of ether oxygens (including phenoxy) is 4. The van der Waals surface area contributed by atoms with Crippen molar-refractivity contribution in [1.29, 1.82) is 0 Å². The van der Waals surface area contributed by atoms with Crippen molar-refractivity contribution in [2.24, 2.45) is 23.7 Å². The van der Waals surface area contributed by atoms with Crippen LogP contribution < -0.4 is 0 Å². The topological polar surface area (TPSA) is 221 Å². The Bertz CT molecular complexity index is 2050. The molecule has 1 saturated heterocycles. The van der Waals surface area contributed by atoms with Gasteiger partial charge in [-0.25, -0.2) is 19.2 Å². The number of likely N-dealkylation sites (N-methyl/N-ethyl adjacent to an activating group) is 4. The van der Waals surface area contributed by atoms with Crippen LogP contribution in [-0.4, -0.2) is 156 Å². The predicted molar refractivity (Wildman–Crippen MR) is 266 cm³/mol. The number of rotatable bonds is 14. The average molecular weight is 1010 g/mol. The molecule has 1 fully saturated rings. The number of esters is 4. The summed E-state index contributed by atoms with van der Waals surface area (Å²) in [5, 5.41) is 0. The zero-order valence-corrected chi connectivity index (χ0v) is 44.4. The Morgan fingerprint density at radius 1 is 0.403 bits per heavy atom. The number of aldehydes is 2. The molecule has 18 heteroatoms. The van der Waals surface area contributed by atoms with Gasteiger partial charge in [-0.3, -0.25) is 28.8 Å². The van der Waals surface area contributed by atoms with Gasteiger partial charge in [-0.1, -0.05) is 104 Å². The minimum Gasteiger partial charge on any atom is -0.451 e. The number of nitrogens with zero attached hydrogens (tertiary/aromatic N) is 4. The van der Waals surface area contributed by atoms with Crippen molar-refractivity contribution in [1.82, 2.24) is 19.6 Å². The molecule has 396 valence electrons. The summed E-state index contributed by atoms with van der Waals surface area (Å²) in [7, 11) is 5.38. The van der Waals surface area contributed by atoms with Gasteiger partial charge in [0.2, 0.25) is 0 Å². The summed E-state index contributed by atoms with van der Waals surface area (Å²) in [6, 6.07) is 7.24. The summed E-state index contributed by atoms with van der Waals surface area (Å²) >= 11 is 0. The third-order valence-corrected chi connectivity index (χ3v) is 12.6. The molecule has 0 N–H and O–H groups in total. The molecule has 72 heavy (non-hydrogen) atoms. The van der Waals surface area contributed by atoms with Crippen molar-refractivity contribution < 1.29 is 66.9 Å². The predicted octanol–water partition coefficient (Wildman–Crippen LogP) is 5.29. The van der Waals surface area contributed by atoms with Crippen LogP contribution in [0.25, 0.3) is 0 Å². The second-order valence-electron chi connectivity index (χ2n) is 20.5. The number of carbonyl (C=O) groups is 10. The van der Waals surface area contributed by atoms with E-state index in [1.54, 1.807) is 24.3 Å². The number of carbonyl (C=O) groups excluding carboxylic acids is 10. The molecule has 1 unspecified atom stereocenters. The van der Waals surface area contributed by atoms with Crippen molar-refractivity contribution in [2.45, 2.75) is 156 Å². The van der Waals surface area contributed by atoms with Gasteiger partial charge in [-0.2, -0.15) is 0 Å². The molecule has 0 radical (unpaired) electrons. The molecule has 0 aliphatic carbocycles. The maximum atomic E-state index is 14.7. The van der Waals surface area contributed by atoms with Gasteiger partial charge in [0.25, 0.3) is 23.6 Å². The number of hydrogen-bond acceptors (Lipinski definition) is 14. The summed E-state index contributed by atoms with van der Waals surface area (Å²) < 4.78 is 23.7. The maximum absolute atomic E-state index is 14.7. The first-order chi connectivity index (χ1) is 33.7. The monoisotopic (exact) mass is 1000 g/mol. The molecule has 2 aromatic rings. The Morgan fingerprint density at radius 3 is 0.875 bits per heavy atom. The lowest BCUT2D eigenvalue weighted by atomic mass is 9.99. The fourth-order valence-corrected chi connectivity index (χ4v) is 8.37. The molecule has 2 aromatic carbocycles. The van der Waals surface area contributed by atoms with E-state index < -0.39 is 96.1 Å². The van der Waals surface area contributed by atoms with Crippen molar-refractivity contribution in [2.75, 3.05) is 28.2 Å². The molecular formula is C54H76N4O14. The van der Waals surface area contributed by atoms with E-state index in [2.05, 4.69) is 0 Å². The molecule has 0 saturated carbocycles. The lowest BCUT2D eigenvalue weighted by molar-refractivity contribution is -0.176. The summed E-state index contributed by atoms with van der Waals surface area (Å²) in [5.41, 5.74) is 1.71. The van der Waals surface area contributed by atoms with Crippen molar-refractivity contribution >= 4 is 60.1 Å². The van der Waals surface area contributed by atoms with Gasteiger partial charge in [0.15, 0.2) is 24.4 Å². The molecule has 0 aromatic heterocycles. The Balaban J connectivity index is 2.28. The molecule has 4 amide bonds. The Morgan fingerprint density at radius 2 is 0.639 bits per heavy atom. The smallest absolute Gasteiger partial charge is 0.329 e. The summed E-state index contributed by atoms with van der Waals surface area (Å²) in [6.45, 7) is 17.2. The molecular weight excluding hydrogens is 929 g/mol. The van der Waals surface area contributed by atoms with E-state index in [4.69, 9.17) is 18.9 Å². The van der Waals surface area contributed by atoms with E-state index in [1.165, 1.54) is 66.3 Å². The van der Waals surface area contributed by atoms with Crippen LogP contribution in [0, 0.1) is 23.7 Å². The minimum absolute atomic E-state index is 0.0540. The second-order valence-corrected chi connectivity index (χ2v) is 20.5. The molecule has 8 atom stereocenters. The van der Waals surface area contributed by atoms with Gasteiger partial charge >= 0.3 is 23.9 Å². The molecule has 3 rings (SSSR count). The lowest BCUT2D eigenvalue weighted by Gasteiger charge is -2.35. The summed E-state index contributed by atoms with van der Waals surface area (Å²) in [4.78, 5) is 143. The summed E-state index contributed by atoms with van der Waals surface area (Å²) in [5.74, 6) is -7.85. The van der Waals surface area contributed by atoms with Crippen LogP contribution in [0.4, 0.5) is 0 Å². The zero-order chi connectivity index (χ0) is 54.3. The molecule has 18 nitrogen and oxygen atoms in total. The zero-order valence-electron chi connectivity index (χ0n) is 44.4. The van der Waals surface area contributed by atoms with Crippen LogP contribution in [0.15, 0.2) is 48.5 Å². The van der Waals surface area contributed by atoms with Crippen LogP contribution in [0.2, 0.25) is 0 Å². The SMILES string of the molecule is CC(C)C[C@H]1C(=O)O[C@H](Cc2ccc(C=O)cc2)C(=O)N(C)[C@@H](CC(C)C)C(=O)O[C@H](C)C(=O)N(C)[C@@H](CC(C)C)C(=O)O[C@H](Cc2ccc(C=O)cc2)C(=O)N(C)[C@@H](CC(C)C)C(=O)OC(C)C(=O)N1C. The largest absolute Gasteiger partial charge is 0.451 e. The van der Waals surface area contributed by atoms with Crippen LogP contribution in [0.1, 0.15) is 127 Å². The second kappa shape index (κ2) is 27.4. The highest BCUT2D eigenvalue weighted by molar-refractivity contribution is 5.94. The van der Waals surface area contributed by atoms with E-state index in [-0.39, 0.29) is 62.2 Å². The number of amides is 4. The van der Waals surface area contributed by atoms with E-state index in [9.17, 15) is 47.9 Å². The number of benzene rings is 2. The highest BCUT2D eigenvalue weighted by Crippen LogP contribution is 2.24. The van der Waals surface area contributed by atoms with Gasteiger partial charge in [0.1, 0.15) is 36.7 Å². The highest BCUT2D eigenvalue weighted by atomic mass is 16.6. The van der Waals surface area contributed by atoms with Gasteiger partial charge in [0.05, 0.1) is 0 Å². The normalized spacial score (nSPS) is 24.4. The average Bonchev–Trinajstić information content (AvgIpc) is 3.33. The quantitative estimate of drug-likeness (QED) is 0.133. The highest BCUT2D eigenvalue weighted by Gasteiger charge is 2.43. The first-order valence-corrected chi connectivity index (χ1v) is 24.7. The van der Waals surface area contributed by atoms with Crippen LogP contribution in [-0.2, 0) is 70.1 Å². The van der Waals surface area contributed by atoms with E-state index in [0.29, 0.717) is 34.8 Å². The van der Waals surface area contributed by atoms with Crippen molar-refractivity contribution in [3.05, 3.63) is 70.8 Å². The van der Waals surface area contributed by atoms with Crippen molar-refractivity contribution in [3.8, 4) is 0 Å². The van der Waals surface area contributed by atoms with E-state index >= 15 is 0 Å². The molecule has 1 aliphatic heterocycles. The number of cyclic esters (lactones) is 4. The van der Waals surface area contributed by atoms with Gasteiger partial charge in [0, 0.05) is 52.2 Å². The fraction of sp³-hybridized carbons (Fsp3) is 0.593. The third kappa shape index (κ3) is 16.8. The first kappa shape index (κ1) is 59.8. The third-order valence-electron chi connectivity index (χ3n) is 12.6. The molecule has 0 spiro atoms. The Kier molecular flexibility index (Phi) is 22.8. The maximum Gasteiger partial charge on any atom is 0.329 e. The minimum atomic E-state index is -1.58. The van der Waals surface area contributed by atoms with Crippen molar-refractivity contribution in [3.63, 3.8) is 0 Å². The molecule has 0 bridgehead atoms. The number of hydrogen-bond donors (Lipinski definition) is 0. The van der Waals surface area contributed by atoms with Crippen LogP contribution in [0.5, 0.6) is 0 Å². The molecule has 1 aliphatic rings. The van der Waals surface area contributed by atoms with Crippen LogP contribution in [0.3, 0.4) is 0 Å². The first-order valence-electron chi connectivity index (χ1n) is 24.7. The Hall–Kier alpha value is -6.46. The summed E-state index contributed by atoms with van der Waals surface area (Å²) in [6.07, 6.45) is -5.07. The van der Waals surface area contributed by atoms with E-state index in [0.717, 1.165) is 19.6 Å². The fourth-order valence-electron chi connectivity index (χ4n) is 8.37. The molecule has 1 heterocycles. The standard InChI is InChI=1S/C54H76N4O14/c1-31(2)23-41-51(65)69-35(9)47(61)55(11)44(26-34(7)8)54(68)72-46(28-38-17-21-40(30-60)22-18-38)50(64)58(14)42(24-32(3)4)52(66)70-36(10)48(62)56(12)43(25-33(5)6)53(67)71-45(49(63)57(41)13)27-37-15-19-39(29-59)20-16-37/h15-22,29-36,41-46H,23-28H2,1-14H3/t35-,36?,41+,42+,43+,44+,45-,46-/m1/s1. The lowest BCUT2D eigenvalue weighted by Crippen LogP contribution is -2.55. The van der Waals surface area contributed by atoms with E-state index in [1.807, 2.05) is 55.4 Å². The Labute approximate surface area is 424 Å². The van der Waals surface area contributed by atoms with Gasteiger partial charge in [-0.15, -0.1) is 0 Å². The van der Waals surface area contributed by atoms with Crippen LogP contribution >= 0.6 is 0 Å². The van der Waals surface area contributed by atoms with Gasteiger partial charge < -0.3 is 38.5 Å². The van der Waals surface area contributed by atoms with Gasteiger partial charge in [-0.05, 0) is 74.3 Å².